The van der Waals surface area contributed by atoms with Crippen LogP contribution >= 0.6 is 11.6 Å². The molecule has 0 saturated carbocycles. The first kappa shape index (κ1) is 25.4. The van der Waals surface area contributed by atoms with Crippen molar-refractivity contribution in [3.63, 3.8) is 0 Å². The van der Waals surface area contributed by atoms with Gasteiger partial charge in [0.25, 0.3) is 0 Å². The summed E-state index contributed by atoms with van der Waals surface area (Å²) >= 11 is 6.30. The first-order chi connectivity index (χ1) is 18.0. The van der Waals surface area contributed by atoms with Crippen molar-refractivity contribution in [3.05, 3.63) is 47.4 Å². The molecule has 3 aliphatic heterocycles. The maximum atomic E-state index is 13.4. The number of nitrogens with zero attached hydrogens (tertiary/aromatic N) is 4. The number of imidazole rings is 1. The van der Waals surface area contributed by atoms with Crippen LogP contribution in [-0.2, 0) is 28.4 Å². The number of fused-ring (bicyclic) bond motifs is 4. The summed E-state index contributed by atoms with van der Waals surface area (Å²) < 4.78 is 39.3. The van der Waals surface area contributed by atoms with Crippen molar-refractivity contribution in [1.29, 1.82) is 0 Å². The number of aromatic nitrogens is 4. The molecule has 6 atom stereocenters. The first-order valence-corrected chi connectivity index (χ1v) is 12.6. The molecule has 3 aliphatic rings. The Hall–Kier alpha value is -2.87. The van der Waals surface area contributed by atoms with Crippen LogP contribution in [0.4, 0.5) is 5.95 Å². The van der Waals surface area contributed by atoms with Gasteiger partial charge in [-0.05, 0) is 39.8 Å². The van der Waals surface area contributed by atoms with Gasteiger partial charge in [0.15, 0.2) is 34.7 Å². The Labute approximate surface area is 223 Å². The van der Waals surface area contributed by atoms with Gasteiger partial charge in [-0.3, -0.25) is 4.57 Å². The predicted molar refractivity (Wildman–Crippen MR) is 133 cm³/mol. The zero-order chi connectivity index (χ0) is 26.8. The number of benzene rings is 1. The van der Waals surface area contributed by atoms with Gasteiger partial charge >= 0.3 is 5.97 Å². The fourth-order valence-corrected chi connectivity index (χ4v) is 5.37. The third kappa shape index (κ3) is 4.51. The molecule has 202 valence electrons. The molecule has 0 spiro atoms. The number of hydrogen-bond donors (Lipinski definition) is 1. The average Bonchev–Trinajstić information content (AvgIpc) is 3.39. The first-order valence-electron chi connectivity index (χ1n) is 12.3. The molecule has 2 N–H and O–H groups in total. The number of hydrogen-bond acceptors (Lipinski definition) is 11. The van der Waals surface area contributed by atoms with Crippen LogP contribution in [0.3, 0.4) is 0 Å². The fourth-order valence-electron chi connectivity index (χ4n) is 5.15. The summed E-state index contributed by atoms with van der Waals surface area (Å²) in [5, 5.41) is 0.0844. The number of carbonyl (C=O) groups is 1. The lowest BCUT2D eigenvalue weighted by atomic mass is 9.99. The van der Waals surface area contributed by atoms with Crippen LogP contribution in [0.25, 0.3) is 11.2 Å². The highest BCUT2D eigenvalue weighted by molar-refractivity contribution is 6.33. The lowest BCUT2D eigenvalue weighted by molar-refractivity contribution is -0.332. The Kier molecular flexibility index (Phi) is 6.09. The molecule has 5 heterocycles. The van der Waals surface area contributed by atoms with Gasteiger partial charge in [-0.25, -0.2) is 9.78 Å². The number of halogens is 1. The molecule has 2 aromatic heterocycles. The Morgan fingerprint density at radius 1 is 1.05 bits per heavy atom. The van der Waals surface area contributed by atoms with E-state index in [0.29, 0.717) is 16.7 Å². The number of rotatable bonds is 3. The third-order valence-electron chi connectivity index (χ3n) is 6.71. The van der Waals surface area contributed by atoms with E-state index in [1.165, 1.54) is 6.33 Å². The summed E-state index contributed by atoms with van der Waals surface area (Å²) in [5.74, 6) is -2.48. The number of nitrogens with two attached hydrogens (primary N) is 1. The van der Waals surface area contributed by atoms with E-state index in [-0.39, 0.29) is 17.7 Å². The van der Waals surface area contributed by atoms with Crippen molar-refractivity contribution in [3.8, 4) is 0 Å². The quantitative estimate of drug-likeness (QED) is 0.383. The summed E-state index contributed by atoms with van der Waals surface area (Å²) in [5.41, 5.74) is 6.89. The molecule has 0 radical (unpaired) electrons. The molecule has 3 unspecified atom stereocenters. The van der Waals surface area contributed by atoms with Crippen LogP contribution in [-0.4, -0.2) is 74.2 Å². The third-order valence-corrected chi connectivity index (χ3v) is 6.97. The Morgan fingerprint density at radius 2 is 1.76 bits per heavy atom. The van der Waals surface area contributed by atoms with Crippen molar-refractivity contribution in [2.24, 2.45) is 0 Å². The van der Waals surface area contributed by atoms with Crippen molar-refractivity contribution in [1.82, 2.24) is 19.5 Å². The van der Waals surface area contributed by atoms with Crippen LogP contribution in [0.2, 0.25) is 5.15 Å². The molecule has 3 aromatic rings. The highest BCUT2D eigenvalue weighted by atomic mass is 35.5. The Bertz CT molecular complexity index is 1370. The van der Waals surface area contributed by atoms with E-state index in [4.69, 9.17) is 45.8 Å². The van der Waals surface area contributed by atoms with E-state index in [1.807, 2.05) is 19.9 Å². The van der Waals surface area contributed by atoms with Crippen molar-refractivity contribution in [2.75, 3.05) is 12.3 Å². The molecule has 0 amide bonds. The van der Waals surface area contributed by atoms with Gasteiger partial charge < -0.3 is 34.2 Å². The second kappa shape index (κ2) is 9.11. The van der Waals surface area contributed by atoms with Crippen molar-refractivity contribution in [2.45, 2.75) is 76.0 Å². The molecule has 13 heteroatoms. The average molecular weight is 546 g/mol. The van der Waals surface area contributed by atoms with Crippen LogP contribution in [0.5, 0.6) is 0 Å². The Morgan fingerprint density at radius 3 is 2.53 bits per heavy atom. The number of nitrogen functional groups attached to an aromatic ring is 1. The van der Waals surface area contributed by atoms with Crippen LogP contribution < -0.4 is 5.73 Å². The summed E-state index contributed by atoms with van der Waals surface area (Å²) in [7, 11) is 0. The Balaban J connectivity index is 1.49. The topological polar surface area (TPSA) is 142 Å². The standard InChI is InChI=1S/C25H28ClN5O7/c1-24(2)33-10-13-15(36-24)16-17(38-25(3,4)37-16)18(35-22(32)12-8-6-5-7-9-12)21(34-13)31-11-28-14-19(26)29-23(27)30-20(14)31/h5-9,11,13,15-18,21H,10H2,1-4H3,(H2,27,29,30)/t13?,15-,16+,17?,18?,21-/m1/s1. The zero-order valence-electron chi connectivity index (χ0n) is 21.2. The second-order valence-corrected chi connectivity index (χ2v) is 10.7. The van der Waals surface area contributed by atoms with Crippen molar-refractivity contribution < 1.29 is 33.2 Å². The second-order valence-electron chi connectivity index (χ2n) is 10.4. The molecule has 12 nitrogen and oxygen atoms in total. The molecular formula is C25H28ClN5O7. The zero-order valence-corrected chi connectivity index (χ0v) is 22.0. The normalized spacial score (nSPS) is 31.8. The summed E-state index contributed by atoms with van der Waals surface area (Å²) in [4.78, 5) is 26.1. The minimum atomic E-state index is -1.01. The van der Waals surface area contributed by atoms with Gasteiger partial charge in [0.2, 0.25) is 5.95 Å². The molecule has 3 fully saturated rings. The van der Waals surface area contributed by atoms with Gasteiger partial charge in [0.1, 0.15) is 29.9 Å². The molecular weight excluding hydrogens is 518 g/mol. The monoisotopic (exact) mass is 545 g/mol. The summed E-state index contributed by atoms with van der Waals surface area (Å²) in [6, 6.07) is 8.66. The summed E-state index contributed by atoms with van der Waals surface area (Å²) in [6.45, 7) is 7.44. The van der Waals surface area contributed by atoms with E-state index in [2.05, 4.69) is 15.0 Å². The van der Waals surface area contributed by atoms with E-state index in [9.17, 15) is 4.79 Å². The highest BCUT2D eigenvalue weighted by Gasteiger charge is 2.60. The number of carbonyl (C=O) groups excluding carboxylic acids is 1. The van der Waals surface area contributed by atoms with E-state index in [0.717, 1.165) is 0 Å². The number of anilines is 1. The predicted octanol–water partition coefficient (Wildman–Crippen LogP) is 2.86. The maximum absolute atomic E-state index is 13.4. The van der Waals surface area contributed by atoms with Crippen LogP contribution in [0, 0.1) is 0 Å². The minimum absolute atomic E-state index is 0.0425. The molecule has 6 rings (SSSR count). The number of esters is 1. The maximum Gasteiger partial charge on any atom is 0.338 e. The van der Waals surface area contributed by atoms with E-state index in [1.54, 1.807) is 42.7 Å². The van der Waals surface area contributed by atoms with Gasteiger partial charge in [-0.1, -0.05) is 29.8 Å². The molecule has 0 aliphatic carbocycles. The van der Waals surface area contributed by atoms with Gasteiger partial charge in [-0.2, -0.15) is 9.97 Å². The SMILES string of the molecule is CC1(C)OCC2O[C@@H](n3cnc4c(Cl)nc(N)nc43)C(OC(=O)c3ccccc3)C3OC(C)(C)O[C@H]3[C@@H]2O1. The molecule has 3 saturated heterocycles. The smallest absolute Gasteiger partial charge is 0.338 e. The van der Waals surface area contributed by atoms with Gasteiger partial charge in [0.05, 0.1) is 18.5 Å². The highest BCUT2D eigenvalue weighted by Crippen LogP contribution is 2.44. The lowest BCUT2D eigenvalue weighted by Gasteiger charge is -2.42. The summed E-state index contributed by atoms with van der Waals surface area (Å²) in [6.07, 6.45) is -3.13. The van der Waals surface area contributed by atoms with Gasteiger partial charge in [0, 0.05) is 0 Å². The van der Waals surface area contributed by atoms with Crippen LogP contribution in [0.15, 0.2) is 36.7 Å². The molecule has 0 bridgehead atoms. The van der Waals surface area contributed by atoms with Gasteiger partial charge in [-0.15, -0.1) is 0 Å². The van der Waals surface area contributed by atoms with E-state index >= 15 is 0 Å². The van der Waals surface area contributed by atoms with Crippen molar-refractivity contribution >= 4 is 34.7 Å². The minimum Gasteiger partial charge on any atom is -0.451 e. The molecule has 38 heavy (non-hydrogen) atoms. The lowest BCUT2D eigenvalue weighted by Crippen LogP contribution is -2.55. The van der Waals surface area contributed by atoms with Crippen LogP contribution in [0.1, 0.15) is 44.3 Å². The molecule has 1 aromatic carbocycles. The van der Waals surface area contributed by atoms with E-state index < -0.39 is 54.3 Å². The fraction of sp³-hybridized carbons (Fsp3) is 0.520. The largest absolute Gasteiger partial charge is 0.451 e. The number of ether oxygens (including phenoxy) is 6.